The average molecular weight is 400 g/mol. The monoisotopic (exact) mass is 400 g/mol. The standard InChI is InChI=1S/C21H33FO6/c1-2-3-7-17(22)18(23)10-9-14-15-11-13(6-4-5-8-20(24)25)28-19(15)12-16(14)21(26)27/h9-10,13-19,23H,2-8,11-12H2,1H3,(H,24,25)(H,26,27)/t13-,14-,15+,16+,17+,18+,19-/m0/s1. The van der Waals surface area contributed by atoms with E-state index in [9.17, 15) is 24.2 Å². The molecule has 2 rings (SSSR count). The van der Waals surface area contributed by atoms with Crippen molar-refractivity contribution < 1.29 is 34.0 Å². The molecule has 2 fully saturated rings. The van der Waals surface area contributed by atoms with Gasteiger partial charge in [-0.1, -0.05) is 38.3 Å². The van der Waals surface area contributed by atoms with E-state index in [1.54, 1.807) is 6.08 Å². The molecule has 1 saturated heterocycles. The van der Waals surface area contributed by atoms with Crippen molar-refractivity contribution >= 4 is 11.9 Å². The van der Waals surface area contributed by atoms with Gasteiger partial charge in [-0.25, -0.2) is 4.39 Å². The predicted molar refractivity (Wildman–Crippen MR) is 102 cm³/mol. The first-order valence-corrected chi connectivity index (χ1v) is 10.4. The van der Waals surface area contributed by atoms with Gasteiger partial charge in [0, 0.05) is 6.42 Å². The van der Waals surface area contributed by atoms with Gasteiger partial charge >= 0.3 is 11.9 Å². The number of allylic oxidation sites excluding steroid dienone is 1. The molecule has 0 bridgehead atoms. The summed E-state index contributed by atoms with van der Waals surface area (Å²) in [5.74, 6) is -2.51. The maximum atomic E-state index is 14.0. The van der Waals surface area contributed by atoms with Crippen molar-refractivity contribution in [3.63, 3.8) is 0 Å². The summed E-state index contributed by atoms with van der Waals surface area (Å²) in [5.41, 5.74) is 0. The number of fused-ring (bicyclic) bond motifs is 1. The van der Waals surface area contributed by atoms with E-state index < -0.39 is 30.1 Å². The molecule has 2 aliphatic rings. The Hall–Kier alpha value is -1.47. The molecule has 0 aromatic heterocycles. The van der Waals surface area contributed by atoms with Crippen LogP contribution in [0.2, 0.25) is 0 Å². The zero-order valence-electron chi connectivity index (χ0n) is 16.5. The van der Waals surface area contributed by atoms with Crippen LogP contribution in [0.3, 0.4) is 0 Å². The Morgan fingerprint density at radius 1 is 1.21 bits per heavy atom. The molecule has 6 nitrogen and oxygen atoms in total. The predicted octanol–water partition coefficient (Wildman–Crippen LogP) is 3.57. The van der Waals surface area contributed by atoms with Crippen LogP contribution in [-0.2, 0) is 14.3 Å². The lowest BCUT2D eigenvalue weighted by atomic mass is 9.85. The first-order chi connectivity index (χ1) is 13.3. The maximum absolute atomic E-state index is 14.0. The molecular formula is C21H33FO6. The number of aliphatic hydroxyl groups is 1. The Morgan fingerprint density at radius 2 is 1.96 bits per heavy atom. The van der Waals surface area contributed by atoms with Crippen LogP contribution in [0.4, 0.5) is 4.39 Å². The minimum atomic E-state index is -1.33. The SMILES string of the molecule is CCCC[C@@H](F)[C@H](O)C=C[C@H]1[C@H]2C[C@H](CCCCC(=O)O)O[C@H]2C[C@H]1C(=O)O. The minimum Gasteiger partial charge on any atom is -0.481 e. The lowest BCUT2D eigenvalue weighted by Crippen LogP contribution is -2.24. The van der Waals surface area contributed by atoms with Crippen molar-refractivity contribution in [1.82, 2.24) is 0 Å². The molecule has 7 atom stereocenters. The maximum Gasteiger partial charge on any atom is 0.307 e. The molecule has 0 spiro atoms. The van der Waals surface area contributed by atoms with Gasteiger partial charge in [0.15, 0.2) is 0 Å². The van der Waals surface area contributed by atoms with Gasteiger partial charge in [0.05, 0.1) is 18.1 Å². The average Bonchev–Trinajstić information content (AvgIpc) is 3.18. The second-order valence-electron chi connectivity index (χ2n) is 8.13. The largest absolute Gasteiger partial charge is 0.481 e. The smallest absolute Gasteiger partial charge is 0.307 e. The molecule has 1 saturated carbocycles. The summed E-state index contributed by atoms with van der Waals surface area (Å²) < 4.78 is 20.0. The zero-order chi connectivity index (χ0) is 20.7. The number of rotatable bonds is 12. The zero-order valence-corrected chi connectivity index (χ0v) is 16.5. The molecule has 0 aromatic carbocycles. The number of unbranched alkanes of at least 4 members (excludes halogenated alkanes) is 2. The molecule has 0 amide bonds. The van der Waals surface area contributed by atoms with E-state index in [2.05, 4.69) is 0 Å². The topological polar surface area (TPSA) is 104 Å². The van der Waals surface area contributed by atoms with E-state index >= 15 is 0 Å². The van der Waals surface area contributed by atoms with Crippen LogP contribution in [0.25, 0.3) is 0 Å². The van der Waals surface area contributed by atoms with Crippen LogP contribution < -0.4 is 0 Å². The lowest BCUT2D eigenvalue weighted by molar-refractivity contribution is -0.143. The van der Waals surface area contributed by atoms with Gasteiger partial charge in [-0.05, 0) is 43.9 Å². The number of carbonyl (C=O) groups is 2. The van der Waals surface area contributed by atoms with Crippen molar-refractivity contribution in [2.75, 3.05) is 0 Å². The highest BCUT2D eigenvalue weighted by Crippen LogP contribution is 2.48. The number of carboxylic acid groups (broad SMARTS) is 2. The van der Waals surface area contributed by atoms with Gasteiger partial charge in [0.2, 0.25) is 0 Å². The molecule has 7 heteroatoms. The van der Waals surface area contributed by atoms with Crippen LogP contribution in [-0.4, -0.2) is 51.7 Å². The Kier molecular flexibility index (Phi) is 8.89. The first-order valence-electron chi connectivity index (χ1n) is 10.4. The van der Waals surface area contributed by atoms with Crippen molar-refractivity contribution in [1.29, 1.82) is 0 Å². The highest BCUT2D eigenvalue weighted by molar-refractivity contribution is 5.71. The van der Waals surface area contributed by atoms with E-state index in [0.29, 0.717) is 25.7 Å². The Morgan fingerprint density at radius 3 is 2.61 bits per heavy atom. The number of carboxylic acids is 2. The van der Waals surface area contributed by atoms with Crippen molar-refractivity contribution in [3.05, 3.63) is 12.2 Å². The Labute approximate surface area is 165 Å². The molecule has 1 aliphatic heterocycles. The summed E-state index contributed by atoms with van der Waals surface area (Å²) in [5, 5.41) is 28.3. The quantitative estimate of drug-likeness (QED) is 0.342. The third kappa shape index (κ3) is 6.27. The fraction of sp³-hybridized carbons (Fsp3) is 0.810. The van der Waals surface area contributed by atoms with Gasteiger partial charge in [0.25, 0.3) is 0 Å². The number of aliphatic hydroxyl groups excluding tert-OH is 1. The van der Waals surface area contributed by atoms with Gasteiger partial charge in [-0.2, -0.15) is 0 Å². The summed E-state index contributed by atoms with van der Waals surface area (Å²) in [7, 11) is 0. The molecule has 0 radical (unpaired) electrons. The molecule has 28 heavy (non-hydrogen) atoms. The summed E-state index contributed by atoms with van der Waals surface area (Å²) in [6.07, 6.45) is 5.70. The van der Waals surface area contributed by atoms with E-state index in [-0.39, 0.29) is 30.5 Å². The number of alkyl halides is 1. The fourth-order valence-electron chi connectivity index (χ4n) is 4.51. The van der Waals surface area contributed by atoms with Crippen LogP contribution in [0.15, 0.2) is 12.2 Å². The Bertz CT molecular complexity index is 551. The van der Waals surface area contributed by atoms with Crippen LogP contribution in [0.5, 0.6) is 0 Å². The molecule has 1 aliphatic carbocycles. The summed E-state index contributed by atoms with van der Waals surface area (Å²) >= 11 is 0. The summed E-state index contributed by atoms with van der Waals surface area (Å²) in [6.45, 7) is 1.96. The second-order valence-corrected chi connectivity index (χ2v) is 8.13. The molecule has 3 N–H and O–H groups in total. The van der Waals surface area contributed by atoms with Gasteiger partial charge in [0.1, 0.15) is 12.3 Å². The second kappa shape index (κ2) is 10.9. The first kappa shape index (κ1) is 22.8. The summed E-state index contributed by atoms with van der Waals surface area (Å²) in [6, 6.07) is 0. The van der Waals surface area contributed by atoms with Crippen LogP contribution in [0, 0.1) is 17.8 Å². The van der Waals surface area contributed by atoms with Gasteiger partial charge < -0.3 is 20.1 Å². The number of aliphatic carboxylic acids is 2. The Balaban J connectivity index is 1.92. The van der Waals surface area contributed by atoms with E-state index in [1.807, 2.05) is 6.92 Å². The normalized spacial score (nSPS) is 31.8. The van der Waals surface area contributed by atoms with E-state index in [1.165, 1.54) is 6.08 Å². The molecular weight excluding hydrogens is 367 g/mol. The van der Waals surface area contributed by atoms with Crippen molar-refractivity contribution in [2.45, 2.75) is 89.2 Å². The number of halogens is 1. The van der Waals surface area contributed by atoms with E-state index in [4.69, 9.17) is 9.84 Å². The fourth-order valence-corrected chi connectivity index (χ4v) is 4.51. The number of hydrogen-bond acceptors (Lipinski definition) is 4. The highest BCUT2D eigenvalue weighted by atomic mass is 19.1. The number of hydrogen-bond donors (Lipinski definition) is 3. The van der Waals surface area contributed by atoms with E-state index in [0.717, 1.165) is 25.7 Å². The number of ether oxygens (including phenoxy) is 1. The van der Waals surface area contributed by atoms with Crippen LogP contribution >= 0.6 is 0 Å². The van der Waals surface area contributed by atoms with Gasteiger partial charge in [-0.3, -0.25) is 9.59 Å². The molecule has 0 unspecified atom stereocenters. The van der Waals surface area contributed by atoms with Gasteiger partial charge in [-0.15, -0.1) is 0 Å². The highest BCUT2D eigenvalue weighted by Gasteiger charge is 2.50. The molecule has 0 aromatic rings. The third-order valence-corrected chi connectivity index (χ3v) is 6.04. The summed E-state index contributed by atoms with van der Waals surface area (Å²) in [4.78, 5) is 22.2. The van der Waals surface area contributed by atoms with Crippen molar-refractivity contribution in [2.24, 2.45) is 17.8 Å². The third-order valence-electron chi connectivity index (χ3n) is 6.04. The van der Waals surface area contributed by atoms with Crippen molar-refractivity contribution in [3.8, 4) is 0 Å². The molecule has 160 valence electrons. The molecule has 1 heterocycles. The van der Waals surface area contributed by atoms with Crippen LogP contribution in [0.1, 0.15) is 64.7 Å². The lowest BCUT2D eigenvalue weighted by Gasteiger charge is -2.19. The minimum absolute atomic E-state index is 0.0119.